The number of carbonyl (C=O) groups is 2. The predicted octanol–water partition coefficient (Wildman–Crippen LogP) is -0.438. The van der Waals surface area contributed by atoms with Crippen molar-refractivity contribution in [3.63, 3.8) is 0 Å². The lowest BCUT2D eigenvalue weighted by molar-refractivity contribution is -0.304. The second-order valence-corrected chi connectivity index (χ2v) is 4.16. The second kappa shape index (κ2) is 3.98. The summed E-state index contributed by atoms with van der Waals surface area (Å²) in [7, 11) is 0. The molecule has 0 bridgehead atoms. The lowest BCUT2D eigenvalue weighted by Crippen LogP contribution is -2.25. The Balaban J connectivity index is 2.12. The number of aliphatic carboxylic acids is 1. The third kappa shape index (κ3) is 2.15. The van der Waals surface area contributed by atoms with E-state index < -0.39 is 5.97 Å². The van der Waals surface area contributed by atoms with Crippen molar-refractivity contribution < 1.29 is 14.7 Å². The minimum absolute atomic E-state index is 0.0596. The van der Waals surface area contributed by atoms with E-state index in [2.05, 4.69) is 4.98 Å². The molecule has 5 nitrogen and oxygen atoms in total. The molecule has 1 aliphatic heterocycles. The van der Waals surface area contributed by atoms with E-state index >= 15 is 0 Å². The van der Waals surface area contributed by atoms with Crippen LogP contribution in [0.15, 0.2) is 5.38 Å². The summed E-state index contributed by atoms with van der Waals surface area (Å²) >= 11 is 1.30. The zero-order chi connectivity index (χ0) is 10.8. The Morgan fingerprint density at radius 2 is 2.47 bits per heavy atom. The van der Waals surface area contributed by atoms with Crippen molar-refractivity contribution in [3.8, 4) is 0 Å². The number of hydrogen-bond donors (Lipinski definition) is 0. The van der Waals surface area contributed by atoms with Gasteiger partial charge < -0.3 is 9.90 Å². The minimum Gasteiger partial charge on any atom is -0.550 e. The van der Waals surface area contributed by atoms with Gasteiger partial charge >= 0.3 is 0 Å². The van der Waals surface area contributed by atoms with Crippen LogP contribution in [0.25, 0.3) is 0 Å². The van der Waals surface area contributed by atoms with Crippen LogP contribution in [0, 0.1) is 0 Å². The van der Waals surface area contributed by atoms with Crippen molar-refractivity contribution in [1.29, 1.82) is 0 Å². The Kier molecular flexibility index (Phi) is 2.68. The molecule has 1 aromatic rings. The molecule has 1 fully saturated rings. The molecule has 2 heterocycles. The van der Waals surface area contributed by atoms with E-state index in [1.54, 1.807) is 10.3 Å². The van der Waals surface area contributed by atoms with Crippen molar-refractivity contribution in [2.75, 3.05) is 11.4 Å². The molecule has 80 valence electrons. The van der Waals surface area contributed by atoms with Crippen LogP contribution in [0.4, 0.5) is 5.13 Å². The SMILES string of the molecule is O=C([O-])Cc1csc(N2CCCC2=O)n1. The molecule has 0 N–H and O–H groups in total. The van der Waals surface area contributed by atoms with Gasteiger partial charge in [0.2, 0.25) is 5.91 Å². The largest absolute Gasteiger partial charge is 0.550 e. The van der Waals surface area contributed by atoms with Gasteiger partial charge in [-0.3, -0.25) is 9.69 Å². The molecule has 0 saturated carbocycles. The van der Waals surface area contributed by atoms with Crippen molar-refractivity contribution in [2.24, 2.45) is 0 Å². The average Bonchev–Trinajstić information content (AvgIpc) is 2.72. The van der Waals surface area contributed by atoms with Gasteiger partial charge in [-0.1, -0.05) is 0 Å². The first-order valence-electron chi connectivity index (χ1n) is 4.61. The fourth-order valence-corrected chi connectivity index (χ4v) is 2.37. The highest BCUT2D eigenvalue weighted by atomic mass is 32.1. The molecule has 0 aliphatic carbocycles. The molecule has 1 aromatic heterocycles. The number of carboxylic acids is 1. The van der Waals surface area contributed by atoms with Gasteiger partial charge in [-0.05, 0) is 6.42 Å². The van der Waals surface area contributed by atoms with E-state index in [9.17, 15) is 14.7 Å². The van der Waals surface area contributed by atoms with Gasteiger partial charge in [-0.2, -0.15) is 0 Å². The van der Waals surface area contributed by atoms with Crippen molar-refractivity contribution in [3.05, 3.63) is 11.1 Å². The lowest BCUT2D eigenvalue weighted by atomic mass is 10.3. The number of rotatable bonds is 3. The molecule has 2 rings (SSSR count). The maximum absolute atomic E-state index is 11.4. The topological polar surface area (TPSA) is 73.3 Å². The number of hydrogen-bond acceptors (Lipinski definition) is 5. The summed E-state index contributed by atoms with van der Waals surface area (Å²) in [4.78, 5) is 27.4. The number of aromatic nitrogens is 1. The van der Waals surface area contributed by atoms with Gasteiger partial charge in [0.1, 0.15) is 0 Å². The second-order valence-electron chi connectivity index (χ2n) is 3.32. The van der Waals surface area contributed by atoms with Gasteiger partial charge in [0, 0.05) is 30.7 Å². The van der Waals surface area contributed by atoms with E-state index in [-0.39, 0.29) is 12.3 Å². The molecule has 1 saturated heterocycles. The van der Waals surface area contributed by atoms with E-state index in [4.69, 9.17) is 0 Å². The minimum atomic E-state index is -1.15. The van der Waals surface area contributed by atoms with Crippen LogP contribution < -0.4 is 10.0 Å². The molecule has 0 spiro atoms. The van der Waals surface area contributed by atoms with E-state index in [1.165, 1.54) is 11.3 Å². The smallest absolute Gasteiger partial charge is 0.228 e. The fourth-order valence-electron chi connectivity index (χ4n) is 1.50. The Morgan fingerprint density at radius 3 is 3.07 bits per heavy atom. The highest BCUT2D eigenvalue weighted by Crippen LogP contribution is 2.25. The van der Waals surface area contributed by atoms with Crippen LogP contribution >= 0.6 is 11.3 Å². The number of carbonyl (C=O) groups excluding carboxylic acids is 2. The molecule has 0 aromatic carbocycles. The number of anilines is 1. The Bertz CT molecular complexity index is 402. The van der Waals surface area contributed by atoms with Crippen LogP contribution in [-0.2, 0) is 16.0 Å². The summed E-state index contributed by atoms with van der Waals surface area (Å²) in [5.74, 6) is -1.09. The monoisotopic (exact) mass is 225 g/mol. The number of thiazole rings is 1. The first kappa shape index (κ1) is 10.1. The highest BCUT2D eigenvalue weighted by Gasteiger charge is 2.23. The summed E-state index contributed by atoms with van der Waals surface area (Å²) in [6, 6.07) is 0. The van der Waals surface area contributed by atoms with E-state index in [1.807, 2.05) is 0 Å². The zero-order valence-electron chi connectivity index (χ0n) is 7.93. The van der Waals surface area contributed by atoms with Gasteiger partial charge in [-0.15, -0.1) is 11.3 Å². The molecular formula is C9H9N2O3S-. The lowest BCUT2D eigenvalue weighted by Gasteiger charge is -2.10. The molecule has 0 atom stereocenters. The number of carboxylic acid groups (broad SMARTS) is 1. The normalized spacial score (nSPS) is 16.0. The standard InChI is InChI=1S/C9H10N2O3S/c12-7-2-1-3-11(7)9-10-6(5-15-9)4-8(13)14/h5H,1-4H2,(H,13,14)/p-1. The maximum atomic E-state index is 11.4. The van der Waals surface area contributed by atoms with Crippen molar-refractivity contribution >= 4 is 28.3 Å². The molecular weight excluding hydrogens is 216 g/mol. The van der Waals surface area contributed by atoms with Crippen molar-refractivity contribution in [2.45, 2.75) is 19.3 Å². The predicted molar refractivity (Wildman–Crippen MR) is 52.4 cm³/mol. The summed E-state index contributed by atoms with van der Waals surface area (Å²) in [5, 5.41) is 12.6. The molecule has 15 heavy (non-hydrogen) atoms. The fraction of sp³-hybridized carbons (Fsp3) is 0.444. The van der Waals surface area contributed by atoms with Gasteiger partial charge in [-0.25, -0.2) is 4.98 Å². The van der Waals surface area contributed by atoms with E-state index in [0.29, 0.717) is 23.8 Å². The Labute approximate surface area is 90.4 Å². The quantitative estimate of drug-likeness (QED) is 0.699. The van der Waals surface area contributed by atoms with Crippen molar-refractivity contribution in [1.82, 2.24) is 4.98 Å². The highest BCUT2D eigenvalue weighted by molar-refractivity contribution is 7.14. The van der Waals surface area contributed by atoms with Crippen LogP contribution in [-0.4, -0.2) is 23.4 Å². The first-order chi connectivity index (χ1) is 7.16. The van der Waals surface area contributed by atoms with Crippen LogP contribution in [0.1, 0.15) is 18.5 Å². The van der Waals surface area contributed by atoms with E-state index in [0.717, 1.165) is 6.42 Å². The zero-order valence-corrected chi connectivity index (χ0v) is 8.75. The van der Waals surface area contributed by atoms with Gasteiger partial charge in [0.15, 0.2) is 5.13 Å². The third-order valence-corrected chi connectivity index (χ3v) is 3.08. The van der Waals surface area contributed by atoms with Crippen LogP contribution in [0.5, 0.6) is 0 Å². The summed E-state index contributed by atoms with van der Waals surface area (Å²) < 4.78 is 0. The maximum Gasteiger partial charge on any atom is 0.228 e. The molecule has 0 radical (unpaired) electrons. The summed E-state index contributed by atoms with van der Waals surface area (Å²) in [5.41, 5.74) is 0.453. The first-order valence-corrected chi connectivity index (χ1v) is 5.49. The molecule has 1 amide bonds. The molecule has 6 heteroatoms. The Hall–Kier alpha value is -1.43. The molecule has 1 aliphatic rings. The van der Waals surface area contributed by atoms with Crippen LogP contribution in [0.2, 0.25) is 0 Å². The average molecular weight is 225 g/mol. The van der Waals surface area contributed by atoms with Gasteiger partial charge in [0.05, 0.1) is 5.69 Å². The summed E-state index contributed by atoms with van der Waals surface area (Å²) in [6.45, 7) is 0.678. The third-order valence-electron chi connectivity index (χ3n) is 2.17. The molecule has 0 unspecified atom stereocenters. The number of amides is 1. The Morgan fingerprint density at radius 1 is 1.67 bits per heavy atom. The van der Waals surface area contributed by atoms with Gasteiger partial charge in [0.25, 0.3) is 0 Å². The van der Waals surface area contributed by atoms with Crippen LogP contribution in [0.3, 0.4) is 0 Å². The number of nitrogens with zero attached hydrogens (tertiary/aromatic N) is 2. The summed E-state index contributed by atoms with van der Waals surface area (Å²) in [6.07, 6.45) is 1.20.